The smallest absolute Gasteiger partial charge is 0.250 e. The maximum atomic E-state index is 5.96. The molecule has 1 aromatic carbocycles. The van der Waals surface area contributed by atoms with Crippen molar-refractivity contribution in [2.24, 2.45) is 0 Å². The Bertz CT molecular complexity index is 717. The van der Waals surface area contributed by atoms with Crippen LogP contribution in [0.5, 0.6) is 0 Å². The quantitative estimate of drug-likeness (QED) is 0.709. The molecule has 5 heteroatoms. The van der Waals surface area contributed by atoms with Crippen LogP contribution in [0.1, 0.15) is 5.69 Å². The lowest BCUT2D eigenvalue weighted by Gasteiger charge is -2.01. The maximum Gasteiger partial charge on any atom is 0.250 e. The molecule has 3 aromatic rings. The van der Waals surface area contributed by atoms with Gasteiger partial charge in [0, 0.05) is 34.9 Å². The van der Waals surface area contributed by atoms with E-state index in [0.717, 1.165) is 22.5 Å². The third-order valence-electron chi connectivity index (χ3n) is 2.84. The van der Waals surface area contributed by atoms with Gasteiger partial charge in [-0.05, 0) is 19.1 Å². The summed E-state index contributed by atoms with van der Waals surface area (Å²) in [5.74, 6) is 0.556. The van der Waals surface area contributed by atoms with Gasteiger partial charge in [0.15, 0.2) is 0 Å². The normalized spacial score (nSPS) is 10.6. The second-order valence-corrected chi connectivity index (χ2v) is 4.26. The SMILES string of the molecule is Cc1ccnc(-n2cc(-c3ccccc3N)cn2)n1. The summed E-state index contributed by atoms with van der Waals surface area (Å²) in [5.41, 5.74) is 9.50. The summed E-state index contributed by atoms with van der Waals surface area (Å²) in [6.45, 7) is 1.92. The van der Waals surface area contributed by atoms with Gasteiger partial charge in [0.05, 0.1) is 6.20 Å². The molecule has 5 nitrogen and oxygen atoms in total. The van der Waals surface area contributed by atoms with Gasteiger partial charge < -0.3 is 5.73 Å². The van der Waals surface area contributed by atoms with Gasteiger partial charge in [0.2, 0.25) is 0 Å². The van der Waals surface area contributed by atoms with Crippen molar-refractivity contribution in [3.8, 4) is 17.1 Å². The first-order valence-electron chi connectivity index (χ1n) is 5.93. The minimum atomic E-state index is 0.556. The van der Waals surface area contributed by atoms with E-state index in [4.69, 9.17) is 5.73 Å². The van der Waals surface area contributed by atoms with Crippen molar-refractivity contribution in [2.75, 3.05) is 5.73 Å². The summed E-state index contributed by atoms with van der Waals surface area (Å²) in [5, 5.41) is 4.28. The molecule has 0 saturated heterocycles. The van der Waals surface area contributed by atoms with Gasteiger partial charge in [-0.25, -0.2) is 14.6 Å². The molecule has 2 heterocycles. The summed E-state index contributed by atoms with van der Waals surface area (Å²) in [7, 11) is 0. The summed E-state index contributed by atoms with van der Waals surface area (Å²) < 4.78 is 1.65. The minimum absolute atomic E-state index is 0.556. The van der Waals surface area contributed by atoms with Crippen LogP contribution in [0.4, 0.5) is 5.69 Å². The van der Waals surface area contributed by atoms with E-state index in [9.17, 15) is 0 Å². The Hall–Kier alpha value is -2.69. The second kappa shape index (κ2) is 4.53. The molecule has 0 aliphatic heterocycles. The summed E-state index contributed by atoms with van der Waals surface area (Å²) in [6, 6.07) is 9.55. The topological polar surface area (TPSA) is 69.6 Å². The Morgan fingerprint density at radius 2 is 2.00 bits per heavy atom. The molecule has 0 unspecified atom stereocenters. The van der Waals surface area contributed by atoms with Crippen molar-refractivity contribution in [3.63, 3.8) is 0 Å². The summed E-state index contributed by atoms with van der Waals surface area (Å²) >= 11 is 0. The first kappa shape index (κ1) is 11.4. The van der Waals surface area contributed by atoms with E-state index in [1.54, 1.807) is 17.1 Å². The van der Waals surface area contributed by atoms with Gasteiger partial charge in [0.1, 0.15) is 0 Å². The highest BCUT2D eigenvalue weighted by Gasteiger charge is 2.07. The number of aryl methyl sites for hydroxylation is 1. The number of hydrogen-bond acceptors (Lipinski definition) is 4. The van der Waals surface area contributed by atoms with Gasteiger partial charge in [-0.15, -0.1) is 0 Å². The number of nitrogen functional groups attached to an aromatic ring is 1. The van der Waals surface area contributed by atoms with Crippen LogP contribution in [-0.4, -0.2) is 19.7 Å². The van der Waals surface area contributed by atoms with Crippen molar-refractivity contribution >= 4 is 5.69 Å². The Kier molecular flexibility index (Phi) is 2.72. The fourth-order valence-electron chi connectivity index (χ4n) is 1.88. The van der Waals surface area contributed by atoms with Crippen LogP contribution in [0.25, 0.3) is 17.1 Å². The first-order valence-corrected chi connectivity index (χ1v) is 5.93. The highest BCUT2D eigenvalue weighted by Crippen LogP contribution is 2.25. The van der Waals surface area contributed by atoms with Crippen LogP contribution in [0, 0.1) is 6.92 Å². The van der Waals surface area contributed by atoms with Crippen molar-refractivity contribution in [2.45, 2.75) is 6.92 Å². The summed E-state index contributed by atoms with van der Waals surface area (Å²) in [6.07, 6.45) is 5.35. The van der Waals surface area contributed by atoms with E-state index < -0.39 is 0 Å². The number of rotatable bonds is 2. The molecule has 0 atom stereocenters. The van der Waals surface area contributed by atoms with E-state index in [1.165, 1.54) is 0 Å². The van der Waals surface area contributed by atoms with Gasteiger partial charge >= 0.3 is 0 Å². The average molecular weight is 251 g/mol. The number of aromatic nitrogens is 4. The molecule has 0 amide bonds. The Morgan fingerprint density at radius 1 is 1.16 bits per heavy atom. The van der Waals surface area contributed by atoms with Crippen LogP contribution in [0.2, 0.25) is 0 Å². The third-order valence-corrected chi connectivity index (χ3v) is 2.84. The fraction of sp³-hybridized carbons (Fsp3) is 0.0714. The number of nitrogens with zero attached hydrogens (tertiary/aromatic N) is 4. The molecule has 0 saturated carbocycles. The minimum Gasteiger partial charge on any atom is -0.398 e. The van der Waals surface area contributed by atoms with Crippen LogP contribution in [-0.2, 0) is 0 Å². The van der Waals surface area contributed by atoms with Crippen molar-refractivity contribution in [3.05, 3.63) is 54.6 Å². The molecule has 0 fully saturated rings. The van der Waals surface area contributed by atoms with Crippen LogP contribution >= 0.6 is 0 Å². The maximum absolute atomic E-state index is 5.96. The molecular weight excluding hydrogens is 238 g/mol. The third kappa shape index (κ3) is 2.18. The Balaban J connectivity index is 2.03. The van der Waals surface area contributed by atoms with Gasteiger partial charge in [0.25, 0.3) is 5.95 Å². The highest BCUT2D eigenvalue weighted by atomic mass is 15.3. The fourth-order valence-corrected chi connectivity index (χ4v) is 1.88. The Morgan fingerprint density at radius 3 is 2.79 bits per heavy atom. The molecule has 0 aliphatic rings. The number of para-hydroxylation sites is 1. The molecule has 0 bridgehead atoms. The number of benzene rings is 1. The first-order chi connectivity index (χ1) is 9.24. The van der Waals surface area contributed by atoms with Crippen molar-refractivity contribution in [1.29, 1.82) is 0 Å². The molecule has 94 valence electrons. The Labute approximate surface area is 110 Å². The highest BCUT2D eigenvalue weighted by molar-refractivity contribution is 5.75. The van der Waals surface area contributed by atoms with Gasteiger partial charge in [-0.2, -0.15) is 5.10 Å². The molecule has 2 aromatic heterocycles. The standard InChI is InChI=1S/C14H13N5/c1-10-6-7-16-14(18-10)19-9-11(8-17-19)12-4-2-3-5-13(12)15/h2-9H,15H2,1H3. The van der Waals surface area contributed by atoms with E-state index >= 15 is 0 Å². The van der Waals surface area contributed by atoms with E-state index in [2.05, 4.69) is 15.1 Å². The van der Waals surface area contributed by atoms with Crippen molar-refractivity contribution < 1.29 is 0 Å². The molecular formula is C14H13N5. The number of nitrogens with two attached hydrogens (primary N) is 1. The van der Waals surface area contributed by atoms with E-state index in [0.29, 0.717) is 5.95 Å². The number of anilines is 1. The molecule has 19 heavy (non-hydrogen) atoms. The van der Waals surface area contributed by atoms with Crippen LogP contribution in [0.15, 0.2) is 48.9 Å². The largest absolute Gasteiger partial charge is 0.398 e. The lowest BCUT2D eigenvalue weighted by molar-refractivity contribution is 0.801. The monoisotopic (exact) mass is 251 g/mol. The summed E-state index contributed by atoms with van der Waals surface area (Å²) in [4.78, 5) is 8.53. The lowest BCUT2D eigenvalue weighted by atomic mass is 10.1. The molecule has 3 rings (SSSR count). The second-order valence-electron chi connectivity index (χ2n) is 4.26. The zero-order chi connectivity index (χ0) is 13.2. The molecule has 2 N–H and O–H groups in total. The van der Waals surface area contributed by atoms with Gasteiger partial charge in [-0.1, -0.05) is 18.2 Å². The molecule has 0 aliphatic carbocycles. The average Bonchev–Trinajstić information content (AvgIpc) is 2.89. The van der Waals surface area contributed by atoms with Crippen LogP contribution < -0.4 is 5.73 Å². The van der Waals surface area contributed by atoms with Gasteiger partial charge in [-0.3, -0.25) is 0 Å². The van der Waals surface area contributed by atoms with Crippen molar-refractivity contribution in [1.82, 2.24) is 19.7 Å². The van der Waals surface area contributed by atoms with E-state index in [1.807, 2.05) is 43.5 Å². The zero-order valence-electron chi connectivity index (χ0n) is 10.5. The molecule has 0 spiro atoms. The zero-order valence-corrected chi connectivity index (χ0v) is 10.5. The van der Waals surface area contributed by atoms with Crippen LogP contribution in [0.3, 0.4) is 0 Å². The predicted molar refractivity (Wildman–Crippen MR) is 73.7 cm³/mol. The van der Waals surface area contributed by atoms with E-state index in [-0.39, 0.29) is 0 Å². The predicted octanol–water partition coefficient (Wildman–Crippen LogP) is 2.22. The molecule has 0 radical (unpaired) electrons. The lowest BCUT2D eigenvalue weighted by Crippen LogP contribution is -2.01. The number of hydrogen-bond donors (Lipinski definition) is 1.